The van der Waals surface area contributed by atoms with Crippen LogP contribution >= 0.6 is 11.3 Å². The fourth-order valence-corrected chi connectivity index (χ4v) is 2.38. The molecule has 20 heavy (non-hydrogen) atoms. The molecule has 0 aromatic carbocycles. The van der Waals surface area contributed by atoms with E-state index in [0.29, 0.717) is 18.1 Å². The molecular weight excluding hydrogens is 272 g/mol. The molecule has 6 heteroatoms. The van der Waals surface area contributed by atoms with E-state index in [9.17, 15) is 4.79 Å². The fourth-order valence-electron chi connectivity index (χ4n) is 1.72. The highest BCUT2D eigenvalue weighted by molar-refractivity contribution is 7.07. The molecule has 0 unspecified atom stereocenters. The van der Waals surface area contributed by atoms with Crippen molar-refractivity contribution in [2.75, 3.05) is 18.9 Å². The second-order valence-electron chi connectivity index (χ2n) is 4.52. The minimum absolute atomic E-state index is 0.120. The topological polar surface area (TPSA) is 58.1 Å². The maximum Gasteiger partial charge on any atom is 0.274 e. The second kappa shape index (κ2) is 7.00. The molecule has 0 saturated heterocycles. The maximum atomic E-state index is 12.2. The summed E-state index contributed by atoms with van der Waals surface area (Å²) in [6.07, 6.45) is 1.02. The first-order valence-electron chi connectivity index (χ1n) is 6.55. The minimum atomic E-state index is -0.120. The first-order chi connectivity index (χ1) is 9.70. The van der Waals surface area contributed by atoms with Crippen molar-refractivity contribution in [1.29, 1.82) is 0 Å². The van der Waals surface area contributed by atoms with Crippen LogP contribution in [0.4, 0.5) is 5.82 Å². The predicted molar refractivity (Wildman–Crippen MR) is 80.9 cm³/mol. The fraction of sp³-hybridized carbons (Fsp3) is 0.357. The lowest BCUT2D eigenvalue weighted by Gasteiger charge is -2.15. The maximum absolute atomic E-state index is 12.2. The summed E-state index contributed by atoms with van der Waals surface area (Å²) in [5.41, 5.74) is 1.49. The average molecular weight is 290 g/mol. The van der Waals surface area contributed by atoms with Crippen LogP contribution in [0.1, 0.15) is 29.4 Å². The van der Waals surface area contributed by atoms with Gasteiger partial charge in [0.25, 0.3) is 5.91 Å². The van der Waals surface area contributed by atoms with Gasteiger partial charge in [-0.2, -0.15) is 11.3 Å². The molecule has 0 aliphatic rings. The summed E-state index contributed by atoms with van der Waals surface area (Å²) in [6, 6.07) is 5.50. The van der Waals surface area contributed by atoms with Crippen molar-refractivity contribution in [3.05, 3.63) is 40.2 Å². The molecule has 0 radical (unpaired) electrons. The molecule has 106 valence electrons. The molecule has 0 aliphatic carbocycles. The number of carbonyl (C=O) groups excluding carboxylic acids is 1. The monoisotopic (exact) mass is 290 g/mol. The van der Waals surface area contributed by atoms with Crippen LogP contribution in [0.2, 0.25) is 0 Å². The van der Waals surface area contributed by atoms with Gasteiger partial charge >= 0.3 is 0 Å². The number of rotatable bonds is 6. The van der Waals surface area contributed by atoms with Crippen molar-refractivity contribution in [2.45, 2.75) is 19.9 Å². The lowest BCUT2D eigenvalue weighted by atomic mass is 10.3. The Balaban J connectivity index is 1.97. The molecule has 0 atom stereocenters. The Morgan fingerprint density at radius 1 is 1.35 bits per heavy atom. The number of nitrogens with zero attached hydrogens (tertiary/aromatic N) is 3. The third-order valence-corrected chi connectivity index (χ3v) is 3.52. The number of hydrogen-bond acceptors (Lipinski definition) is 5. The molecule has 0 fully saturated rings. The molecule has 0 spiro atoms. The summed E-state index contributed by atoms with van der Waals surface area (Å²) in [5.74, 6) is 0.578. The smallest absolute Gasteiger partial charge is 0.274 e. The van der Waals surface area contributed by atoms with E-state index in [1.54, 1.807) is 35.4 Å². The Kier molecular flexibility index (Phi) is 5.06. The summed E-state index contributed by atoms with van der Waals surface area (Å²) >= 11 is 1.62. The number of amides is 1. The molecule has 0 aliphatic heterocycles. The quantitative estimate of drug-likeness (QED) is 0.888. The van der Waals surface area contributed by atoms with Crippen LogP contribution in [0, 0.1) is 0 Å². The number of anilines is 1. The van der Waals surface area contributed by atoms with Gasteiger partial charge in [-0.25, -0.2) is 0 Å². The highest BCUT2D eigenvalue weighted by Crippen LogP contribution is 2.11. The van der Waals surface area contributed by atoms with Crippen LogP contribution in [-0.2, 0) is 6.54 Å². The largest absolute Gasteiger partial charge is 0.369 e. The summed E-state index contributed by atoms with van der Waals surface area (Å²) < 4.78 is 0. The highest BCUT2D eigenvalue weighted by atomic mass is 32.1. The molecule has 2 rings (SSSR count). The summed E-state index contributed by atoms with van der Waals surface area (Å²) in [5, 5.41) is 15.2. The number of hydrogen-bond donors (Lipinski definition) is 1. The van der Waals surface area contributed by atoms with E-state index >= 15 is 0 Å². The first-order valence-corrected chi connectivity index (χ1v) is 7.49. The van der Waals surface area contributed by atoms with E-state index < -0.39 is 0 Å². The van der Waals surface area contributed by atoms with E-state index in [2.05, 4.69) is 22.4 Å². The Bertz CT molecular complexity index is 539. The van der Waals surface area contributed by atoms with E-state index in [0.717, 1.165) is 18.5 Å². The van der Waals surface area contributed by atoms with Crippen LogP contribution in [-0.4, -0.2) is 34.6 Å². The van der Waals surface area contributed by atoms with Gasteiger partial charge in [-0.3, -0.25) is 4.79 Å². The molecule has 0 saturated carbocycles. The van der Waals surface area contributed by atoms with Crippen molar-refractivity contribution in [2.24, 2.45) is 0 Å². The van der Waals surface area contributed by atoms with E-state index in [-0.39, 0.29) is 5.91 Å². The molecular formula is C14H18N4OS. The minimum Gasteiger partial charge on any atom is -0.369 e. The van der Waals surface area contributed by atoms with Crippen molar-refractivity contribution in [3.63, 3.8) is 0 Å². The van der Waals surface area contributed by atoms with Gasteiger partial charge in [0, 0.05) is 20.1 Å². The van der Waals surface area contributed by atoms with Crippen LogP contribution in [0.15, 0.2) is 29.0 Å². The molecule has 1 amide bonds. The third kappa shape index (κ3) is 3.77. The van der Waals surface area contributed by atoms with Gasteiger partial charge in [0.2, 0.25) is 0 Å². The van der Waals surface area contributed by atoms with Gasteiger partial charge in [-0.1, -0.05) is 6.92 Å². The number of carbonyl (C=O) groups is 1. The van der Waals surface area contributed by atoms with E-state index in [4.69, 9.17) is 0 Å². The Morgan fingerprint density at radius 3 is 2.80 bits per heavy atom. The van der Waals surface area contributed by atoms with Crippen molar-refractivity contribution in [3.8, 4) is 0 Å². The van der Waals surface area contributed by atoms with Crippen LogP contribution in [0.5, 0.6) is 0 Å². The SMILES string of the molecule is CCCNc1ccc(C(=O)N(C)Cc2ccsc2)nn1. The van der Waals surface area contributed by atoms with Gasteiger partial charge in [-0.05, 0) is 40.9 Å². The Morgan fingerprint density at radius 2 is 2.20 bits per heavy atom. The predicted octanol–water partition coefficient (Wildman–Crippen LogP) is 2.63. The highest BCUT2D eigenvalue weighted by Gasteiger charge is 2.14. The molecule has 2 aromatic rings. The van der Waals surface area contributed by atoms with Crippen molar-refractivity contribution >= 4 is 23.1 Å². The molecule has 0 bridgehead atoms. The van der Waals surface area contributed by atoms with Gasteiger partial charge in [-0.15, -0.1) is 10.2 Å². The van der Waals surface area contributed by atoms with Gasteiger partial charge < -0.3 is 10.2 Å². The van der Waals surface area contributed by atoms with E-state index in [1.807, 2.05) is 16.8 Å². The zero-order valence-corrected chi connectivity index (χ0v) is 12.5. The van der Waals surface area contributed by atoms with Crippen molar-refractivity contribution < 1.29 is 4.79 Å². The van der Waals surface area contributed by atoms with E-state index in [1.165, 1.54) is 0 Å². The zero-order chi connectivity index (χ0) is 14.4. The van der Waals surface area contributed by atoms with Gasteiger partial charge in [0.05, 0.1) is 0 Å². The van der Waals surface area contributed by atoms with Crippen molar-refractivity contribution in [1.82, 2.24) is 15.1 Å². The average Bonchev–Trinajstić information content (AvgIpc) is 2.97. The van der Waals surface area contributed by atoms with Crippen LogP contribution in [0.25, 0.3) is 0 Å². The van der Waals surface area contributed by atoms with Crippen LogP contribution in [0.3, 0.4) is 0 Å². The number of nitrogens with one attached hydrogen (secondary N) is 1. The molecule has 5 nitrogen and oxygen atoms in total. The molecule has 2 aromatic heterocycles. The summed E-state index contributed by atoms with van der Waals surface area (Å²) in [6.45, 7) is 3.51. The first kappa shape index (κ1) is 14.5. The van der Waals surface area contributed by atoms with Gasteiger partial charge in [0.15, 0.2) is 5.69 Å². The van der Waals surface area contributed by atoms with Crippen LogP contribution < -0.4 is 5.32 Å². The Labute approximate surface area is 122 Å². The molecule has 2 heterocycles. The number of aromatic nitrogens is 2. The second-order valence-corrected chi connectivity index (χ2v) is 5.30. The third-order valence-electron chi connectivity index (χ3n) is 2.79. The lowest BCUT2D eigenvalue weighted by Crippen LogP contribution is -2.27. The normalized spacial score (nSPS) is 10.3. The lowest BCUT2D eigenvalue weighted by molar-refractivity contribution is 0.0778. The summed E-state index contributed by atoms with van der Waals surface area (Å²) in [7, 11) is 1.77. The summed E-state index contributed by atoms with van der Waals surface area (Å²) in [4.78, 5) is 13.8. The standard InChI is InChI=1S/C14H18N4OS/c1-3-7-15-13-5-4-12(16-17-13)14(19)18(2)9-11-6-8-20-10-11/h4-6,8,10H,3,7,9H2,1-2H3,(H,15,17). The Hall–Kier alpha value is -1.95. The number of thiophene rings is 1. The zero-order valence-electron chi connectivity index (χ0n) is 11.7. The van der Waals surface area contributed by atoms with Gasteiger partial charge in [0.1, 0.15) is 5.82 Å². The molecule has 1 N–H and O–H groups in total.